The number of aldehydes is 1. The fraction of sp³-hybridized carbons (Fsp3) is 0.167. The molecule has 0 fully saturated rings. The molecular formula is C12H8ClF3N2O. The van der Waals surface area contributed by atoms with Crippen LogP contribution in [0.4, 0.5) is 13.2 Å². The van der Waals surface area contributed by atoms with Gasteiger partial charge in [-0.1, -0.05) is 11.6 Å². The lowest BCUT2D eigenvalue weighted by Gasteiger charge is -2.07. The first-order valence-electron chi connectivity index (χ1n) is 5.30. The van der Waals surface area contributed by atoms with Crippen LogP contribution in [-0.2, 0) is 17.8 Å². The maximum absolute atomic E-state index is 13.5. The Morgan fingerprint density at radius 1 is 1.26 bits per heavy atom. The van der Waals surface area contributed by atoms with E-state index in [2.05, 4.69) is 5.10 Å². The number of hydrogen-bond donors (Lipinski definition) is 0. The maximum atomic E-state index is 13.5. The largest absolute Gasteiger partial charge is 0.303 e. The predicted molar refractivity (Wildman–Crippen MR) is 62.4 cm³/mol. The number of carbonyl (C=O) groups excluding carboxylic acids is 1. The van der Waals surface area contributed by atoms with E-state index in [0.717, 1.165) is 4.68 Å². The van der Waals surface area contributed by atoms with Gasteiger partial charge in [0.15, 0.2) is 0 Å². The standard InChI is InChI=1S/C12H8ClF3N2O/c13-12-7(1-2-19)5-17-18(12)6-9-10(15)3-8(14)4-11(9)16/h2-5H,1,6H2. The summed E-state index contributed by atoms with van der Waals surface area (Å²) >= 11 is 5.91. The van der Waals surface area contributed by atoms with Crippen LogP contribution in [0.25, 0.3) is 0 Å². The van der Waals surface area contributed by atoms with Crippen LogP contribution < -0.4 is 0 Å². The molecule has 0 N–H and O–H groups in total. The molecule has 0 amide bonds. The smallest absolute Gasteiger partial charge is 0.134 e. The molecule has 100 valence electrons. The number of aromatic nitrogens is 2. The molecule has 2 rings (SSSR count). The third-order valence-electron chi connectivity index (χ3n) is 2.56. The van der Waals surface area contributed by atoms with Crippen molar-refractivity contribution in [2.75, 3.05) is 0 Å². The Morgan fingerprint density at radius 2 is 1.89 bits per heavy atom. The Morgan fingerprint density at radius 3 is 2.47 bits per heavy atom. The van der Waals surface area contributed by atoms with Gasteiger partial charge in [0.1, 0.15) is 28.9 Å². The van der Waals surface area contributed by atoms with Crippen LogP contribution in [0.2, 0.25) is 5.15 Å². The molecule has 0 spiro atoms. The van der Waals surface area contributed by atoms with Gasteiger partial charge in [-0.3, -0.25) is 0 Å². The fourth-order valence-corrected chi connectivity index (χ4v) is 1.85. The Labute approximate surface area is 111 Å². The molecule has 0 saturated heterocycles. The summed E-state index contributed by atoms with van der Waals surface area (Å²) in [6.45, 7) is -0.282. The Balaban J connectivity index is 2.34. The average molecular weight is 289 g/mol. The summed E-state index contributed by atoms with van der Waals surface area (Å²) in [7, 11) is 0. The highest BCUT2D eigenvalue weighted by atomic mass is 35.5. The van der Waals surface area contributed by atoms with E-state index >= 15 is 0 Å². The molecule has 0 aliphatic carbocycles. The highest BCUT2D eigenvalue weighted by Crippen LogP contribution is 2.20. The number of nitrogens with zero attached hydrogens (tertiary/aromatic N) is 2. The van der Waals surface area contributed by atoms with Crippen molar-refractivity contribution in [3.8, 4) is 0 Å². The second-order valence-electron chi connectivity index (χ2n) is 3.84. The first-order valence-corrected chi connectivity index (χ1v) is 5.68. The van der Waals surface area contributed by atoms with Crippen molar-refractivity contribution < 1.29 is 18.0 Å². The molecule has 1 aromatic carbocycles. The summed E-state index contributed by atoms with van der Waals surface area (Å²) in [5, 5.41) is 3.95. The van der Waals surface area contributed by atoms with Crippen LogP contribution in [0.3, 0.4) is 0 Å². The second-order valence-corrected chi connectivity index (χ2v) is 4.20. The van der Waals surface area contributed by atoms with Crippen molar-refractivity contribution in [2.45, 2.75) is 13.0 Å². The molecule has 1 aromatic heterocycles. The SMILES string of the molecule is O=CCc1cnn(Cc2c(F)cc(F)cc2F)c1Cl. The van der Waals surface area contributed by atoms with Gasteiger partial charge >= 0.3 is 0 Å². The van der Waals surface area contributed by atoms with Crippen LogP contribution in [0.15, 0.2) is 18.3 Å². The van der Waals surface area contributed by atoms with Crippen molar-refractivity contribution in [2.24, 2.45) is 0 Å². The lowest BCUT2D eigenvalue weighted by atomic mass is 10.2. The Kier molecular flexibility index (Phi) is 3.90. The quantitative estimate of drug-likeness (QED) is 0.811. The van der Waals surface area contributed by atoms with Crippen molar-refractivity contribution in [1.82, 2.24) is 9.78 Å². The molecule has 0 saturated carbocycles. The van der Waals surface area contributed by atoms with Crippen molar-refractivity contribution >= 4 is 17.9 Å². The molecule has 0 aliphatic rings. The van der Waals surface area contributed by atoms with Gasteiger partial charge < -0.3 is 4.79 Å². The molecule has 2 aromatic rings. The van der Waals surface area contributed by atoms with Crippen molar-refractivity contribution in [3.63, 3.8) is 0 Å². The number of rotatable bonds is 4. The summed E-state index contributed by atoms with van der Waals surface area (Å²) in [6.07, 6.45) is 2.05. The van der Waals surface area contributed by atoms with E-state index in [-0.39, 0.29) is 23.7 Å². The average Bonchev–Trinajstić information content (AvgIpc) is 2.66. The van der Waals surface area contributed by atoms with Gasteiger partial charge in [-0.2, -0.15) is 5.10 Å². The summed E-state index contributed by atoms with van der Waals surface area (Å²) in [6, 6.07) is 1.17. The zero-order valence-electron chi connectivity index (χ0n) is 9.54. The number of hydrogen-bond acceptors (Lipinski definition) is 2. The molecular weight excluding hydrogens is 281 g/mol. The van der Waals surface area contributed by atoms with Gasteiger partial charge in [0, 0.05) is 29.7 Å². The molecule has 0 aliphatic heterocycles. The highest BCUT2D eigenvalue weighted by molar-refractivity contribution is 6.30. The molecule has 0 atom stereocenters. The van der Waals surface area contributed by atoms with E-state index < -0.39 is 17.5 Å². The van der Waals surface area contributed by atoms with E-state index in [1.54, 1.807) is 0 Å². The monoisotopic (exact) mass is 288 g/mol. The zero-order chi connectivity index (χ0) is 14.0. The van der Waals surface area contributed by atoms with E-state index in [9.17, 15) is 18.0 Å². The van der Waals surface area contributed by atoms with Crippen LogP contribution in [0.5, 0.6) is 0 Å². The number of halogens is 4. The summed E-state index contributed by atoms with van der Waals surface area (Å²) < 4.78 is 40.8. The van der Waals surface area contributed by atoms with Crippen molar-refractivity contribution in [3.05, 3.63) is 52.1 Å². The van der Waals surface area contributed by atoms with Gasteiger partial charge in [0.25, 0.3) is 0 Å². The first kappa shape index (κ1) is 13.6. The topological polar surface area (TPSA) is 34.9 Å². The molecule has 1 heterocycles. The van der Waals surface area contributed by atoms with Gasteiger partial charge in [0.05, 0.1) is 12.7 Å². The third-order valence-corrected chi connectivity index (χ3v) is 3.00. The molecule has 0 bridgehead atoms. The second kappa shape index (κ2) is 5.44. The van der Waals surface area contributed by atoms with Gasteiger partial charge in [-0.25, -0.2) is 17.9 Å². The Hall–Kier alpha value is -1.82. The number of benzene rings is 1. The first-order chi connectivity index (χ1) is 9.02. The summed E-state index contributed by atoms with van der Waals surface area (Å²) in [5.74, 6) is -3.02. The minimum Gasteiger partial charge on any atom is -0.303 e. The van der Waals surface area contributed by atoms with E-state index in [4.69, 9.17) is 11.6 Å². The van der Waals surface area contributed by atoms with Gasteiger partial charge in [0.2, 0.25) is 0 Å². The third kappa shape index (κ3) is 2.78. The van der Waals surface area contributed by atoms with E-state index in [1.165, 1.54) is 6.20 Å². The van der Waals surface area contributed by atoms with Crippen LogP contribution in [0.1, 0.15) is 11.1 Å². The predicted octanol–water partition coefficient (Wildman–Crippen LogP) is 2.74. The molecule has 19 heavy (non-hydrogen) atoms. The van der Waals surface area contributed by atoms with E-state index in [0.29, 0.717) is 24.0 Å². The van der Waals surface area contributed by atoms with Crippen LogP contribution in [0, 0.1) is 17.5 Å². The summed E-state index contributed by atoms with van der Waals surface area (Å²) in [5.41, 5.74) is 0.114. The Bertz CT molecular complexity index is 604. The lowest BCUT2D eigenvalue weighted by molar-refractivity contribution is -0.107. The normalized spacial score (nSPS) is 10.7. The minimum atomic E-state index is -1.01. The molecule has 7 heteroatoms. The maximum Gasteiger partial charge on any atom is 0.134 e. The summed E-state index contributed by atoms with van der Waals surface area (Å²) in [4.78, 5) is 10.4. The highest BCUT2D eigenvalue weighted by Gasteiger charge is 2.15. The number of carbonyl (C=O) groups is 1. The fourth-order valence-electron chi connectivity index (χ4n) is 1.62. The van der Waals surface area contributed by atoms with Crippen molar-refractivity contribution in [1.29, 1.82) is 0 Å². The molecule has 0 radical (unpaired) electrons. The lowest BCUT2D eigenvalue weighted by Crippen LogP contribution is -2.07. The van der Waals surface area contributed by atoms with Gasteiger partial charge in [-0.15, -0.1) is 0 Å². The minimum absolute atomic E-state index is 0.0627. The van der Waals surface area contributed by atoms with Crippen LogP contribution >= 0.6 is 11.6 Å². The van der Waals surface area contributed by atoms with Gasteiger partial charge in [-0.05, 0) is 0 Å². The molecule has 3 nitrogen and oxygen atoms in total. The zero-order valence-corrected chi connectivity index (χ0v) is 10.3. The van der Waals surface area contributed by atoms with E-state index in [1.807, 2.05) is 0 Å². The molecule has 0 unspecified atom stereocenters. The van der Waals surface area contributed by atoms with Crippen LogP contribution in [-0.4, -0.2) is 16.1 Å².